The number of thiazole rings is 1. The second-order valence-electron chi connectivity index (χ2n) is 3.45. The van der Waals surface area contributed by atoms with Crippen LogP contribution in [-0.4, -0.2) is 36.7 Å². The van der Waals surface area contributed by atoms with Crippen molar-refractivity contribution < 1.29 is 9.53 Å². The zero-order valence-corrected chi connectivity index (χ0v) is 10.9. The van der Waals surface area contributed by atoms with E-state index in [1.807, 2.05) is 0 Å². The van der Waals surface area contributed by atoms with Crippen LogP contribution in [0.5, 0.6) is 0 Å². The molecule has 1 aliphatic rings. The van der Waals surface area contributed by atoms with Gasteiger partial charge in [0.2, 0.25) is 5.91 Å². The molecule has 1 aromatic heterocycles. The van der Waals surface area contributed by atoms with Crippen LogP contribution in [0, 0.1) is 0 Å². The van der Waals surface area contributed by atoms with Crippen LogP contribution in [0.3, 0.4) is 0 Å². The smallest absolute Gasteiger partial charge is 0.227 e. The van der Waals surface area contributed by atoms with Crippen LogP contribution < -0.4 is 10.6 Å². The average molecular weight is 306 g/mol. The van der Waals surface area contributed by atoms with Gasteiger partial charge in [0.15, 0.2) is 5.13 Å². The third-order valence-corrected chi connectivity index (χ3v) is 3.55. The molecule has 7 heteroatoms. The number of rotatable bonds is 3. The van der Waals surface area contributed by atoms with Gasteiger partial charge in [-0.2, -0.15) is 0 Å². The van der Waals surface area contributed by atoms with Gasteiger partial charge in [0.1, 0.15) is 0 Å². The Morgan fingerprint density at radius 1 is 1.81 bits per heavy atom. The van der Waals surface area contributed by atoms with Crippen molar-refractivity contribution in [1.29, 1.82) is 0 Å². The zero-order chi connectivity index (χ0) is 11.4. The molecule has 2 N–H and O–H groups in total. The molecule has 1 amide bonds. The first-order valence-electron chi connectivity index (χ1n) is 4.96. The molecule has 0 radical (unpaired) electrons. The van der Waals surface area contributed by atoms with Crippen molar-refractivity contribution in [3.05, 3.63) is 9.98 Å². The number of hydrogen-bond donors (Lipinski definition) is 2. The highest BCUT2D eigenvalue weighted by Crippen LogP contribution is 2.23. The van der Waals surface area contributed by atoms with E-state index in [9.17, 15) is 4.79 Å². The Hall–Kier alpha value is -0.500. The van der Waals surface area contributed by atoms with Crippen LogP contribution in [0.1, 0.15) is 6.42 Å². The molecular weight excluding hydrogens is 294 g/mol. The van der Waals surface area contributed by atoms with Gasteiger partial charge in [0.05, 0.1) is 23.2 Å². The zero-order valence-electron chi connectivity index (χ0n) is 8.53. The lowest BCUT2D eigenvalue weighted by molar-refractivity contribution is -0.117. The molecule has 0 spiro atoms. The number of morpholine rings is 1. The fourth-order valence-corrected chi connectivity index (χ4v) is 2.58. The maximum Gasteiger partial charge on any atom is 0.227 e. The monoisotopic (exact) mass is 305 g/mol. The van der Waals surface area contributed by atoms with Crippen molar-refractivity contribution in [1.82, 2.24) is 10.3 Å². The summed E-state index contributed by atoms with van der Waals surface area (Å²) in [6.45, 7) is 2.12. The Morgan fingerprint density at radius 3 is 3.31 bits per heavy atom. The number of anilines is 1. The summed E-state index contributed by atoms with van der Waals surface area (Å²) in [4.78, 5) is 15.7. The van der Waals surface area contributed by atoms with Crippen LogP contribution in [0.15, 0.2) is 9.98 Å². The van der Waals surface area contributed by atoms with E-state index < -0.39 is 0 Å². The fraction of sp³-hybridized carbons (Fsp3) is 0.556. The predicted molar refractivity (Wildman–Crippen MR) is 65.7 cm³/mol. The van der Waals surface area contributed by atoms with Gasteiger partial charge in [-0.15, -0.1) is 0 Å². The molecule has 5 nitrogen and oxygen atoms in total. The summed E-state index contributed by atoms with van der Waals surface area (Å²) in [6.07, 6.45) is 2.08. The molecule has 0 aromatic carbocycles. The molecule has 88 valence electrons. The SMILES string of the molecule is O=C(CC1COCCN1)Nc1ncc(Br)s1. The Morgan fingerprint density at radius 2 is 2.69 bits per heavy atom. The van der Waals surface area contributed by atoms with E-state index in [1.54, 1.807) is 6.20 Å². The summed E-state index contributed by atoms with van der Waals surface area (Å²) in [5.41, 5.74) is 0. The van der Waals surface area contributed by atoms with Crippen LogP contribution in [0.2, 0.25) is 0 Å². The lowest BCUT2D eigenvalue weighted by Crippen LogP contribution is -2.43. The van der Waals surface area contributed by atoms with E-state index in [4.69, 9.17) is 4.74 Å². The second-order valence-corrected chi connectivity index (χ2v) is 5.86. The maximum atomic E-state index is 11.6. The van der Waals surface area contributed by atoms with E-state index in [-0.39, 0.29) is 11.9 Å². The number of ether oxygens (including phenoxy) is 1. The van der Waals surface area contributed by atoms with Gasteiger partial charge in [-0.1, -0.05) is 11.3 Å². The van der Waals surface area contributed by atoms with Crippen LogP contribution >= 0.6 is 27.3 Å². The molecule has 1 fully saturated rings. The first kappa shape index (κ1) is 12.0. The standard InChI is InChI=1S/C9H12BrN3O2S/c10-7-4-12-9(16-7)13-8(14)3-6-5-15-2-1-11-6/h4,6,11H,1-3,5H2,(H,12,13,14). The average Bonchev–Trinajstić information content (AvgIpc) is 2.65. The summed E-state index contributed by atoms with van der Waals surface area (Å²) in [5.74, 6) is -0.0372. The van der Waals surface area contributed by atoms with Crippen molar-refractivity contribution in [3.63, 3.8) is 0 Å². The van der Waals surface area contributed by atoms with Crippen LogP contribution in [0.25, 0.3) is 0 Å². The van der Waals surface area contributed by atoms with Crippen LogP contribution in [0.4, 0.5) is 5.13 Å². The Labute approximate surface area is 106 Å². The maximum absolute atomic E-state index is 11.6. The quantitative estimate of drug-likeness (QED) is 0.881. The molecule has 1 saturated heterocycles. The number of nitrogens with zero attached hydrogens (tertiary/aromatic N) is 1. The summed E-state index contributed by atoms with van der Waals surface area (Å²) in [6, 6.07) is 0.108. The Balaban J connectivity index is 1.79. The highest BCUT2D eigenvalue weighted by atomic mass is 79.9. The van der Waals surface area contributed by atoms with E-state index in [2.05, 4.69) is 31.5 Å². The number of amides is 1. The molecule has 0 bridgehead atoms. The van der Waals surface area contributed by atoms with E-state index >= 15 is 0 Å². The number of hydrogen-bond acceptors (Lipinski definition) is 5. The minimum Gasteiger partial charge on any atom is -0.378 e. The minimum atomic E-state index is -0.0372. The molecule has 1 unspecified atom stereocenters. The normalized spacial score (nSPS) is 20.7. The third-order valence-electron chi connectivity index (χ3n) is 2.15. The van der Waals surface area contributed by atoms with Gasteiger partial charge in [0.25, 0.3) is 0 Å². The van der Waals surface area contributed by atoms with Gasteiger partial charge in [-0.3, -0.25) is 4.79 Å². The van der Waals surface area contributed by atoms with Gasteiger partial charge in [-0.05, 0) is 15.9 Å². The minimum absolute atomic E-state index is 0.0372. The number of carbonyl (C=O) groups excluding carboxylic acids is 1. The van der Waals surface area contributed by atoms with E-state index in [0.29, 0.717) is 18.2 Å². The lowest BCUT2D eigenvalue weighted by Gasteiger charge is -2.22. The highest BCUT2D eigenvalue weighted by Gasteiger charge is 2.17. The van der Waals surface area contributed by atoms with Gasteiger partial charge < -0.3 is 15.4 Å². The van der Waals surface area contributed by atoms with Crippen molar-refractivity contribution in [3.8, 4) is 0 Å². The second kappa shape index (κ2) is 5.72. The number of halogens is 1. The summed E-state index contributed by atoms with van der Waals surface area (Å²) < 4.78 is 6.18. The van der Waals surface area contributed by atoms with Crippen molar-refractivity contribution in [2.45, 2.75) is 12.5 Å². The first-order valence-corrected chi connectivity index (χ1v) is 6.57. The Bertz CT molecular complexity index is 365. The molecule has 1 aliphatic heterocycles. The summed E-state index contributed by atoms with van der Waals surface area (Å²) >= 11 is 4.69. The molecule has 16 heavy (non-hydrogen) atoms. The third kappa shape index (κ3) is 3.51. The number of aromatic nitrogens is 1. The molecule has 1 aromatic rings. The largest absolute Gasteiger partial charge is 0.378 e. The first-order chi connectivity index (χ1) is 7.74. The molecule has 0 saturated carbocycles. The predicted octanol–water partition coefficient (Wildman–Crippen LogP) is 1.22. The van der Waals surface area contributed by atoms with Gasteiger partial charge in [0, 0.05) is 19.0 Å². The van der Waals surface area contributed by atoms with Crippen LogP contribution in [-0.2, 0) is 9.53 Å². The Kier molecular flexibility index (Phi) is 4.28. The van der Waals surface area contributed by atoms with Gasteiger partial charge >= 0.3 is 0 Å². The molecular formula is C9H12BrN3O2S. The number of carbonyl (C=O) groups is 1. The molecule has 1 atom stereocenters. The topological polar surface area (TPSA) is 63.2 Å². The van der Waals surface area contributed by atoms with Crippen molar-refractivity contribution in [2.75, 3.05) is 25.1 Å². The molecule has 0 aliphatic carbocycles. The van der Waals surface area contributed by atoms with E-state index in [1.165, 1.54) is 11.3 Å². The lowest BCUT2D eigenvalue weighted by atomic mass is 10.2. The van der Waals surface area contributed by atoms with E-state index in [0.717, 1.165) is 16.9 Å². The van der Waals surface area contributed by atoms with Gasteiger partial charge in [-0.25, -0.2) is 4.98 Å². The highest BCUT2D eigenvalue weighted by molar-refractivity contribution is 9.11. The van der Waals surface area contributed by atoms with Crippen molar-refractivity contribution >= 4 is 38.3 Å². The summed E-state index contributed by atoms with van der Waals surface area (Å²) in [5, 5.41) is 6.60. The number of nitrogens with one attached hydrogen (secondary N) is 2. The fourth-order valence-electron chi connectivity index (χ4n) is 1.46. The molecule has 2 heterocycles. The summed E-state index contributed by atoms with van der Waals surface area (Å²) in [7, 11) is 0. The van der Waals surface area contributed by atoms with Crippen molar-refractivity contribution in [2.24, 2.45) is 0 Å². The molecule has 2 rings (SSSR count).